The highest BCUT2D eigenvalue weighted by molar-refractivity contribution is 6.30. The van der Waals surface area contributed by atoms with E-state index in [9.17, 15) is 4.79 Å². The second-order valence-corrected chi connectivity index (χ2v) is 4.09. The smallest absolute Gasteiger partial charge is 0.297 e. The van der Waals surface area contributed by atoms with Crippen LogP contribution in [0.1, 0.15) is 0 Å². The first kappa shape index (κ1) is 13.4. The van der Waals surface area contributed by atoms with Crippen LogP contribution < -0.4 is 15.0 Å². The van der Waals surface area contributed by atoms with Crippen molar-refractivity contribution in [1.29, 1.82) is 0 Å². The quantitative estimate of drug-likeness (QED) is 0.786. The van der Waals surface area contributed by atoms with Crippen molar-refractivity contribution < 1.29 is 9.47 Å². The van der Waals surface area contributed by atoms with Crippen LogP contribution >= 0.6 is 11.6 Å². The molecule has 0 aliphatic heterocycles. The third kappa shape index (κ3) is 3.26. The molecule has 1 heterocycles. The van der Waals surface area contributed by atoms with E-state index in [1.54, 1.807) is 0 Å². The summed E-state index contributed by atoms with van der Waals surface area (Å²) >= 11 is 5.75. The summed E-state index contributed by atoms with van der Waals surface area (Å²) in [7, 11) is 1.38. The van der Waals surface area contributed by atoms with Gasteiger partial charge in [-0.3, -0.25) is 9.36 Å². The molecule has 100 valence electrons. The largest absolute Gasteiger partial charge is 0.492 e. The summed E-state index contributed by atoms with van der Waals surface area (Å²) in [5, 5.41) is 0.0627. The van der Waals surface area contributed by atoms with Gasteiger partial charge >= 0.3 is 0 Å². The van der Waals surface area contributed by atoms with Crippen LogP contribution in [0, 0.1) is 0 Å². The predicted molar refractivity (Wildman–Crippen MR) is 72.0 cm³/mol. The molecule has 2 rings (SSSR count). The molecule has 0 aliphatic carbocycles. The van der Waals surface area contributed by atoms with Gasteiger partial charge in [-0.1, -0.05) is 29.8 Å². The van der Waals surface area contributed by atoms with Gasteiger partial charge in [-0.05, 0) is 12.1 Å². The Hall–Kier alpha value is -2.01. The average molecular weight is 281 g/mol. The Morgan fingerprint density at radius 1 is 1.32 bits per heavy atom. The third-order valence-electron chi connectivity index (χ3n) is 2.50. The number of aromatic nitrogens is 2. The van der Waals surface area contributed by atoms with E-state index in [1.165, 1.54) is 18.0 Å². The van der Waals surface area contributed by atoms with Gasteiger partial charge in [0.15, 0.2) is 5.15 Å². The maximum atomic E-state index is 11.9. The first-order chi connectivity index (χ1) is 9.22. The van der Waals surface area contributed by atoms with E-state index in [4.69, 9.17) is 21.1 Å². The summed E-state index contributed by atoms with van der Waals surface area (Å²) in [5.74, 6) is 0.799. The second kappa shape index (κ2) is 6.24. The molecule has 0 bridgehead atoms. The molecule has 0 aliphatic rings. The molecule has 0 atom stereocenters. The Morgan fingerprint density at radius 3 is 2.74 bits per heavy atom. The molecule has 1 aromatic heterocycles. The second-order valence-electron chi connectivity index (χ2n) is 3.73. The lowest BCUT2D eigenvalue weighted by atomic mass is 10.3. The molecule has 0 radical (unpaired) electrons. The molecule has 0 N–H and O–H groups in total. The molecule has 0 saturated heterocycles. The van der Waals surface area contributed by atoms with Crippen molar-refractivity contribution in [2.24, 2.45) is 0 Å². The standard InChI is InChI=1S/C13H13ClN2O3/c1-18-11-12(14)15-9-16(13(11)17)7-8-19-10-5-3-2-4-6-10/h2-6,9H,7-8H2,1H3. The first-order valence-electron chi connectivity index (χ1n) is 5.69. The van der Waals surface area contributed by atoms with Gasteiger partial charge in [0, 0.05) is 0 Å². The average Bonchev–Trinajstić information content (AvgIpc) is 2.43. The number of rotatable bonds is 5. The number of ether oxygens (including phenoxy) is 2. The zero-order chi connectivity index (χ0) is 13.7. The highest BCUT2D eigenvalue weighted by atomic mass is 35.5. The zero-order valence-electron chi connectivity index (χ0n) is 10.4. The molecule has 0 amide bonds. The van der Waals surface area contributed by atoms with Crippen molar-refractivity contribution in [3.63, 3.8) is 0 Å². The van der Waals surface area contributed by atoms with Crippen LogP contribution in [0.5, 0.6) is 11.5 Å². The van der Waals surface area contributed by atoms with Crippen molar-refractivity contribution in [3.8, 4) is 11.5 Å². The number of halogens is 1. The van der Waals surface area contributed by atoms with Crippen LogP contribution in [0.3, 0.4) is 0 Å². The molecule has 5 nitrogen and oxygen atoms in total. The maximum absolute atomic E-state index is 11.9. The fraction of sp³-hybridized carbons (Fsp3) is 0.231. The molecule has 2 aromatic rings. The van der Waals surface area contributed by atoms with Gasteiger partial charge in [-0.15, -0.1) is 0 Å². The van der Waals surface area contributed by atoms with Gasteiger partial charge in [0.2, 0.25) is 5.75 Å². The molecule has 0 fully saturated rings. The van der Waals surface area contributed by atoms with E-state index in [0.29, 0.717) is 13.2 Å². The minimum Gasteiger partial charge on any atom is -0.492 e. The Labute approximate surface area is 115 Å². The van der Waals surface area contributed by atoms with E-state index in [-0.39, 0.29) is 16.5 Å². The van der Waals surface area contributed by atoms with E-state index in [1.807, 2.05) is 30.3 Å². The first-order valence-corrected chi connectivity index (χ1v) is 6.07. The molecular formula is C13H13ClN2O3. The normalized spacial score (nSPS) is 10.2. The molecule has 1 aromatic carbocycles. The van der Waals surface area contributed by atoms with Gasteiger partial charge in [-0.25, -0.2) is 4.98 Å². The minimum atomic E-state index is -0.320. The van der Waals surface area contributed by atoms with Crippen LogP contribution in [-0.4, -0.2) is 23.3 Å². The van der Waals surface area contributed by atoms with Gasteiger partial charge < -0.3 is 9.47 Å². The summed E-state index contributed by atoms with van der Waals surface area (Å²) < 4.78 is 11.8. The Kier molecular flexibility index (Phi) is 4.41. The van der Waals surface area contributed by atoms with Gasteiger partial charge in [0.1, 0.15) is 12.4 Å². The fourth-order valence-corrected chi connectivity index (χ4v) is 1.76. The van der Waals surface area contributed by atoms with Crippen molar-refractivity contribution in [2.45, 2.75) is 6.54 Å². The lowest BCUT2D eigenvalue weighted by Gasteiger charge is -2.09. The Balaban J connectivity index is 2.03. The summed E-state index contributed by atoms with van der Waals surface area (Å²) in [6.45, 7) is 0.727. The number of hydrogen-bond acceptors (Lipinski definition) is 4. The van der Waals surface area contributed by atoms with Crippen molar-refractivity contribution in [3.05, 3.63) is 52.2 Å². The van der Waals surface area contributed by atoms with Gasteiger partial charge in [-0.2, -0.15) is 0 Å². The fourth-order valence-electron chi connectivity index (χ4n) is 1.56. The zero-order valence-corrected chi connectivity index (χ0v) is 11.1. The van der Waals surface area contributed by atoms with Crippen molar-refractivity contribution in [2.75, 3.05) is 13.7 Å². The van der Waals surface area contributed by atoms with Crippen LogP contribution in [-0.2, 0) is 6.54 Å². The Morgan fingerprint density at radius 2 is 2.05 bits per heavy atom. The van der Waals surface area contributed by atoms with Crippen LogP contribution in [0.15, 0.2) is 41.5 Å². The van der Waals surface area contributed by atoms with Crippen LogP contribution in [0.25, 0.3) is 0 Å². The summed E-state index contributed by atoms with van der Waals surface area (Å²) in [5.41, 5.74) is -0.320. The predicted octanol–water partition coefficient (Wildman–Crippen LogP) is 1.98. The molecular weight excluding hydrogens is 268 g/mol. The lowest BCUT2D eigenvalue weighted by molar-refractivity contribution is 0.293. The van der Waals surface area contributed by atoms with Crippen molar-refractivity contribution >= 4 is 11.6 Å². The minimum absolute atomic E-state index is 0.0453. The highest BCUT2D eigenvalue weighted by Crippen LogP contribution is 2.14. The van der Waals surface area contributed by atoms with Crippen LogP contribution in [0.4, 0.5) is 0 Å². The van der Waals surface area contributed by atoms with E-state index in [2.05, 4.69) is 4.98 Å². The molecule has 0 spiro atoms. The molecule has 19 heavy (non-hydrogen) atoms. The van der Waals surface area contributed by atoms with E-state index < -0.39 is 0 Å². The van der Waals surface area contributed by atoms with Crippen molar-refractivity contribution in [1.82, 2.24) is 9.55 Å². The summed E-state index contributed by atoms with van der Waals surface area (Å²) in [4.78, 5) is 15.8. The number of para-hydroxylation sites is 1. The molecule has 6 heteroatoms. The Bertz CT molecular complexity index is 599. The van der Waals surface area contributed by atoms with Gasteiger partial charge in [0.05, 0.1) is 20.0 Å². The monoisotopic (exact) mass is 280 g/mol. The number of benzene rings is 1. The van der Waals surface area contributed by atoms with E-state index >= 15 is 0 Å². The topological polar surface area (TPSA) is 53.4 Å². The van der Waals surface area contributed by atoms with Crippen LogP contribution in [0.2, 0.25) is 5.15 Å². The SMILES string of the molecule is COc1c(Cl)ncn(CCOc2ccccc2)c1=O. The highest BCUT2D eigenvalue weighted by Gasteiger charge is 2.09. The molecule has 0 saturated carbocycles. The summed E-state index contributed by atoms with van der Waals surface area (Å²) in [6.07, 6.45) is 1.38. The number of hydrogen-bond donors (Lipinski definition) is 0. The van der Waals surface area contributed by atoms with E-state index in [0.717, 1.165) is 5.75 Å². The third-order valence-corrected chi connectivity index (χ3v) is 2.77. The number of methoxy groups -OCH3 is 1. The van der Waals surface area contributed by atoms with Gasteiger partial charge in [0.25, 0.3) is 5.56 Å². The summed E-state index contributed by atoms with van der Waals surface area (Å²) in [6, 6.07) is 9.38. The molecule has 0 unspecified atom stereocenters. The lowest BCUT2D eigenvalue weighted by Crippen LogP contribution is -2.24. The number of nitrogens with zero attached hydrogens (tertiary/aromatic N) is 2. The maximum Gasteiger partial charge on any atom is 0.297 e.